The molecule has 90 valence electrons. The van der Waals surface area contributed by atoms with Crippen LogP contribution in [0.5, 0.6) is 0 Å². The van der Waals surface area contributed by atoms with E-state index in [1.165, 1.54) is 25.7 Å². The number of likely N-dealkylation sites (N-methyl/N-ethyl adjacent to an activating group) is 1. The van der Waals surface area contributed by atoms with Crippen LogP contribution in [-0.4, -0.2) is 30.1 Å². The minimum Gasteiger partial charge on any atom is -0.326 e. The van der Waals surface area contributed by atoms with E-state index in [1.807, 2.05) is 0 Å². The Hall–Kier alpha value is -0.0800. The fourth-order valence-electron chi connectivity index (χ4n) is 2.54. The summed E-state index contributed by atoms with van der Waals surface area (Å²) in [6.07, 6.45) is 5.14. The number of nitrogens with zero attached hydrogens (tertiary/aromatic N) is 1. The molecule has 1 fully saturated rings. The van der Waals surface area contributed by atoms with E-state index in [9.17, 15) is 0 Å². The van der Waals surface area contributed by atoms with Crippen molar-refractivity contribution in [3.63, 3.8) is 0 Å². The smallest absolute Gasteiger partial charge is 0.0247 e. The van der Waals surface area contributed by atoms with Crippen LogP contribution in [0.15, 0.2) is 0 Å². The predicted molar refractivity (Wildman–Crippen MR) is 66.9 cm³/mol. The summed E-state index contributed by atoms with van der Waals surface area (Å²) in [7, 11) is 2.24. The van der Waals surface area contributed by atoms with E-state index in [1.54, 1.807) is 0 Å². The fraction of sp³-hybridized carbons (Fsp3) is 1.00. The molecular formula is C13H28N2. The minimum atomic E-state index is 0.339. The Bertz CT molecular complexity index is 195. The highest BCUT2D eigenvalue weighted by Crippen LogP contribution is 2.29. The van der Waals surface area contributed by atoms with Gasteiger partial charge in [0.2, 0.25) is 0 Å². The maximum atomic E-state index is 6.22. The van der Waals surface area contributed by atoms with E-state index < -0.39 is 0 Å². The lowest BCUT2D eigenvalue weighted by atomic mass is 9.83. The Morgan fingerprint density at radius 2 is 1.73 bits per heavy atom. The molecule has 1 rings (SSSR count). The molecule has 0 aromatic heterocycles. The van der Waals surface area contributed by atoms with Crippen LogP contribution in [0.3, 0.4) is 0 Å². The van der Waals surface area contributed by atoms with Crippen molar-refractivity contribution in [1.82, 2.24) is 4.90 Å². The zero-order chi connectivity index (χ0) is 11.6. The third kappa shape index (κ3) is 3.18. The highest BCUT2D eigenvalue weighted by molar-refractivity contribution is 4.89. The van der Waals surface area contributed by atoms with E-state index in [0.717, 1.165) is 0 Å². The van der Waals surface area contributed by atoms with Crippen LogP contribution in [0.2, 0.25) is 0 Å². The molecule has 2 nitrogen and oxygen atoms in total. The summed E-state index contributed by atoms with van der Waals surface area (Å²) in [4.78, 5) is 2.50. The molecule has 0 radical (unpaired) electrons. The van der Waals surface area contributed by atoms with Crippen LogP contribution >= 0.6 is 0 Å². The second-order valence-electron chi connectivity index (χ2n) is 6.22. The Morgan fingerprint density at radius 3 is 2.20 bits per heavy atom. The molecule has 1 saturated carbocycles. The molecule has 0 aliphatic heterocycles. The van der Waals surface area contributed by atoms with Crippen molar-refractivity contribution in [3.8, 4) is 0 Å². The van der Waals surface area contributed by atoms with Crippen LogP contribution < -0.4 is 5.73 Å². The highest BCUT2D eigenvalue weighted by atomic mass is 15.2. The molecule has 0 aromatic rings. The average molecular weight is 212 g/mol. The molecular weight excluding hydrogens is 184 g/mol. The van der Waals surface area contributed by atoms with E-state index >= 15 is 0 Å². The SMILES string of the molecule is CC(N(C)C1CCCCC1N)C(C)(C)C. The topological polar surface area (TPSA) is 29.3 Å². The summed E-state index contributed by atoms with van der Waals surface area (Å²) in [6.45, 7) is 9.24. The second-order valence-corrected chi connectivity index (χ2v) is 6.22. The normalized spacial score (nSPS) is 30.6. The van der Waals surface area contributed by atoms with Gasteiger partial charge in [0.1, 0.15) is 0 Å². The Labute approximate surface area is 95.2 Å². The minimum absolute atomic E-state index is 0.339. The standard InChI is InChI=1S/C13H28N2/c1-10(13(2,3)4)15(5)12-9-7-6-8-11(12)14/h10-12H,6-9,14H2,1-5H3. The molecule has 0 spiro atoms. The maximum Gasteiger partial charge on any atom is 0.0247 e. The summed E-state index contributed by atoms with van der Waals surface area (Å²) in [5, 5.41) is 0. The molecule has 1 aliphatic carbocycles. The van der Waals surface area contributed by atoms with Gasteiger partial charge >= 0.3 is 0 Å². The van der Waals surface area contributed by atoms with Crippen LogP contribution in [0.1, 0.15) is 53.4 Å². The average Bonchev–Trinajstić information content (AvgIpc) is 2.15. The molecule has 3 atom stereocenters. The van der Waals surface area contributed by atoms with Gasteiger partial charge in [-0.1, -0.05) is 33.6 Å². The Morgan fingerprint density at radius 1 is 1.20 bits per heavy atom. The third-order valence-electron chi connectivity index (χ3n) is 4.17. The first-order valence-electron chi connectivity index (χ1n) is 6.31. The Balaban J connectivity index is 2.62. The molecule has 15 heavy (non-hydrogen) atoms. The van der Waals surface area contributed by atoms with Crippen LogP contribution in [0, 0.1) is 5.41 Å². The van der Waals surface area contributed by atoms with Gasteiger partial charge in [0.15, 0.2) is 0 Å². The first kappa shape index (κ1) is 13.0. The lowest BCUT2D eigenvalue weighted by molar-refractivity contribution is 0.0676. The number of nitrogens with two attached hydrogens (primary N) is 1. The highest BCUT2D eigenvalue weighted by Gasteiger charge is 2.32. The van der Waals surface area contributed by atoms with Crippen molar-refractivity contribution in [2.24, 2.45) is 11.1 Å². The van der Waals surface area contributed by atoms with E-state index in [-0.39, 0.29) is 0 Å². The van der Waals surface area contributed by atoms with Crippen molar-refractivity contribution in [3.05, 3.63) is 0 Å². The summed E-state index contributed by atoms with van der Waals surface area (Å²) >= 11 is 0. The predicted octanol–water partition coefficient (Wildman–Crippen LogP) is 2.62. The van der Waals surface area contributed by atoms with Gasteiger partial charge in [-0.25, -0.2) is 0 Å². The molecule has 0 heterocycles. The maximum absolute atomic E-state index is 6.22. The number of rotatable bonds is 2. The van der Waals surface area contributed by atoms with Crippen molar-refractivity contribution < 1.29 is 0 Å². The number of hydrogen-bond donors (Lipinski definition) is 1. The van der Waals surface area contributed by atoms with Crippen LogP contribution in [0.25, 0.3) is 0 Å². The molecule has 3 unspecified atom stereocenters. The van der Waals surface area contributed by atoms with Crippen LogP contribution in [0.4, 0.5) is 0 Å². The lowest BCUT2D eigenvalue weighted by Gasteiger charge is -2.44. The van der Waals surface area contributed by atoms with Gasteiger partial charge in [-0.15, -0.1) is 0 Å². The molecule has 0 aromatic carbocycles. The summed E-state index contributed by atoms with van der Waals surface area (Å²) in [6, 6.07) is 1.56. The molecule has 1 aliphatic rings. The molecule has 0 amide bonds. The quantitative estimate of drug-likeness (QED) is 0.762. The van der Waals surface area contributed by atoms with Gasteiger partial charge in [0.05, 0.1) is 0 Å². The van der Waals surface area contributed by atoms with Gasteiger partial charge in [0, 0.05) is 18.1 Å². The summed E-state index contributed by atoms with van der Waals surface area (Å²) < 4.78 is 0. The molecule has 0 bridgehead atoms. The van der Waals surface area contributed by atoms with Crippen LogP contribution in [-0.2, 0) is 0 Å². The first-order valence-corrected chi connectivity index (χ1v) is 6.31. The van der Waals surface area contributed by atoms with Gasteiger partial charge in [-0.3, -0.25) is 4.90 Å². The van der Waals surface area contributed by atoms with E-state index in [0.29, 0.717) is 23.5 Å². The Kier molecular flexibility index (Phi) is 4.19. The third-order valence-corrected chi connectivity index (χ3v) is 4.17. The second kappa shape index (κ2) is 4.84. The summed E-state index contributed by atoms with van der Waals surface area (Å²) in [5.74, 6) is 0. The summed E-state index contributed by atoms with van der Waals surface area (Å²) in [5.41, 5.74) is 6.56. The molecule has 2 N–H and O–H groups in total. The largest absolute Gasteiger partial charge is 0.326 e. The van der Waals surface area contributed by atoms with Gasteiger partial charge in [0.25, 0.3) is 0 Å². The first-order chi connectivity index (χ1) is 6.84. The van der Waals surface area contributed by atoms with Gasteiger partial charge < -0.3 is 5.73 Å². The van der Waals surface area contributed by atoms with Crippen molar-refractivity contribution >= 4 is 0 Å². The van der Waals surface area contributed by atoms with Crippen molar-refractivity contribution in [1.29, 1.82) is 0 Å². The zero-order valence-corrected chi connectivity index (χ0v) is 11.1. The lowest BCUT2D eigenvalue weighted by Crippen LogP contribution is -2.53. The fourth-order valence-corrected chi connectivity index (χ4v) is 2.54. The van der Waals surface area contributed by atoms with Crippen molar-refractivity contribution in [2.45, 2.75) is 71.5 Å². The zero-order valence-electron chi connectivity index (χ0n) is 11.1. The van der Waals surface area contributed by atoms with E-state index in [4.69, 9.17) is 5.73 Å². The molecule has 0 saturated heterocycles. The van der Waals surface area contributed by atoms with Gasteiger partial charge in [-0.05, 0) is 32.2 Å². The van der Waals surface area contributed by atoms with E-state index in [2.05, 4.69) is 39.6 Å². The number of hydrogen-bond acceptors (Lipinski definition) is 2. The van der Waals surface area contributed by atoms with Crippen molar-refractivity contribution in [2.75, 3.05) is 7.05 Å². The van der Waals surface area contributed by atoms with Gasteiger partial charge in [-0.2, -0.15) is 0 Å². The monoisotopic (exact) mass is 212 g/mol. The molecule has 2 heteroatoms.